The van der Waals surface area contributed by atoms with Gasteiger partial charge in [0.2, 0.25) is 5.91 Å². The van der Waals surface area contributed by atoms with E-state index in [-0.39, 0.29) is 30.0 Å². The molecule has 0 spiro atoms. The van der Waals surface area contributed by atoms with Crippen molar-refractivity contribution in [3.63, 3.8) is 0 Å². The van der Waals surface area contributed by atoms with Crippen molar-refractivity contribution in [1.82, 2.24) is 9.88 Å². The van der Waals surface area contributed by atoms with Crippen LogP contribution in [0.1, 0.15) is 35.5 Å². The van der Waals surface area contributed by atoms with Crippen molar-refractivity contribution < 1.29 is 14.6 Å². The van der Waals surface area contributed by atoms with Crippen LogP contribution >= 0.6 is 11.3 Å². The van der Waals surface area contributed by atoms with E-state index in [4.69, 9.17) is 4.74 Å². The molecule has 1 aromatic carbocycles. The molecule has 2 heterocycles. The first kappa shape index (κ1) is 19.6. The molecule has 0 unspecified atom stereocenters. The number of benzene rings is 1. The van der Waals surface area contributed by atoms with Crippen molar-refractivity contribution in [2.75, 3.05) is 13.1 Å². The molecule has 4 rings (SSSR count). The summed E-state index contributed by atoms with van der Waals surface area (Å²) in [4.78, 5) is 19.3. The first-order valence-corrected chi connectivity index (χ1v) is 11.0. The monoisotopic (exact) mass is 400 g/mol. The molecule has 2 aliphatic rings. The standard InChI is InChI=1S/C22H28N2O3S/c1-15-23-19(14-28-15)13-27-21-7-8-24(22(26)17-10-20(25)11-17)12-18(21)9-16-5-3-2-4-6-16/h2-6,14,17-18,20-21,25H,7-13H2,1H3/t17?,18-,20?,21-/m1/s1. The Hall–Kier alpha value is -1.76. The van der Waals surface area contributed by atoms with Gasteiger partial charge in [-0.25, -0.2) is 4.98 Å². The molecular weight excluding hydrogens is 372 g/mol. The summed E-state index contributed by atoms with van der Waals surface area (Å²) < 4.78 is 6.28. The average molecular weight is 401 g/mol. The summed E-state index contributed by atoms with van der Waals surface area (Å²) in [6.45, 7) is 4.00. The molecule has 1 saturated carbocycles. The van der Waals surface area contributed by atoms with Crippen molar-refractivity contribution in [2.45, 2.75) is 51.4 Å². The number of hydrogen-bond acceptors (Lipinski definition) is 5. The van der Waals surface area contributed by atoms with Crippen molar-refractivity contribution in [3.05, 3.63) is 52.0 Å². The average Bonchev–Trinajstić information content (AvgIpc) is 3.10. The van der Waals surface area contributed by atoms with Gasteiger partial charge in [-0.1, -0.05) is 30.3 Å². The molecule has 1 aromatic heterocycles. The van der Waals surface area contributed by atoms with Gasteiger partial charge in [-0.3, -0.25) is 4.79 Å². The van der Waals surface area contributed by atoms with Crippen molar-refractivity contribution in [1.29, 1.82) is 0 Å². The van der Waals surface area contributed by atoms with Crippen LogP contribution < -0.4 is 0 Å². The molecular formula is C22H28N2O3S. The Bertz CT molecular complexity index is 788. The van der Waals surface area contributed by atoms with E-state index in [0.717, 1.165) is 36.6 Å². The molecule has 0 radical (unpaired) electrons. The minimum atomic E-state index is -0.295. The SMILES string of the molecule is Cc1nc(CO[C@@H]2CCN(C(=O)C3CC(O)C3)C[C@H]2Cc2ccccc2)cs1. The predicted octanol–water partition coefficient (Wildman–Crippen LogP) is 3.20. The second-order valence-electron chi connectivity index (χ2n) is 8.05. The molecule has 0 bridgehead atoms. The van der Waals surface area contributed by atoms with Crippen LogP contribution in [0.25, 0.3) is 0 Å². The summed E-state index contributed by atoms with van der Waals surface area (Å²) in [6.07, 6.45) is 2.80. The molecule has 1 saturated heterocycles. The predicted molar refractivity (Wildman–Crippen MR) is 109 cm³/mol. The van der Waals surface area contributed by atoms with Crippen LogP contribution in [-0.2, 0) is 22.6 Å². The molecule has 2 aromatic rings. The highest BCUT2D eigenvalue weighted by atomic mass is 32.1. The van der Waals surface area contributed by atoms with Crippen molar-refractivity contribution in [2.24, 2.45) is 11.8 Å². The zero-order valence-electron chi connectivity index (χ0n) is 16.3. The number of ether oxygens (including phenoxy) is 1. The fraction of sp³-hybridized carbons (Fsp3) is 0.545. The topological polar surface area (TPSA) is 62.7 Å². The van der Waals surface area contributed by atoms with Crippen molar-refractivity contribution in [3.8, 4) is 0 Å². The summed E-state index contributed by atoms with van der Waals surface area (Å²) in [5.74, 6) is 0.476. The number of likely N-dealkylation sites (tertiary alicyclic amines) is 1. The first-order valence-electron chi connectivity index (χ1n) is 10.1. The molecule has 1 N–H and O–H groups in total. The molecule has 1 amide bonds. The summed E-state index contributed by atoms with van der Waals surface area (Å²) in [6, 6.07) is 10.4. The van der Waals surface area contributed by atoms with Gasteiger partial charge in [0.1, 0.15) is 0 Å². The van der Waals surface area contributed by atoms with Gasteiger partial charge in [-0.15, -0.1) is 11.3 Å². The number of aryl methyl sites for hydroxylation is 1. The van der Waals surface area contributed by atoms with E-state index in [1.54, 1.807) is 11.3 Å². The lowest BCUT2D eigenvalue weighted by atomic mass is 9.80. The number of hydrogen-bond donors (Lipinski definition) is 1. The highest BCUT2D eigenvalue weighted by Crippen LogP contribution is 2.32. The number of piperidine rings is 1. The number of thiazole rings is 1. The smallest absolute Gasteiger partial charge is 0.225 e. The normalized spacial score (nSPS) is 27.4. The van der Waals surface area contributed by atoms with Gasteiger partial charge < -0.3 is 14.7 Å². The molecule has 1 aliphatic heterocycles. The number of nitrogens with zero attached hydrogens (tertiary/aromatic N) is 2. The number of carbonyl (C=O) groups is 1. The highest BCUT2D eigenvalue weighted by Gasteiger charge is 2.39. The van der Waals surface area contributed by atoms with Gasteiger partial charge in [0, 0.05) is 30.3 Å². The maximum Gasteiger partial charge on any atom is 0.225 e. The van der Waals surface area contributed by atoms with Crippen LogP contribution in [0.15, 0.2) is 35.7 Å². The van der Waals surface area contributed by atoms with Crippen LogP contribution in [-0.4, -0.2) is 46.2 Å². The van der Waals surface area contributed by atoms with E-state index < -0.39 is 0 Å². The second kappa shape index (κ2) is 8.72. The third-order valence-corrected chi connectivity index (χ3v) is 6.71. The van der Waals surface area contributed by atoms with E-state index in [1.807, 2.05) is 17.9 Å². The van der Waals surface area contributed by atoms with E-state index in [9.17, 15) is 9.90 Å². The first-order chi connectivity index (χ1) is 13.6. The number of carbonyl (C=O) groups excluding carboxylic acids is 1. The number of aromatic nitrogens is 1. The zero-order chi connectivity index (χ0) is 19.5. The van der Waals surface area contributed by atoms with E-state index >= 15 is 0 Å². The highest BCUT2D eigenvalue weighted by molar-refractivity contribution is 7.09. The summed E-state index contributed by atoms with van der Waals surface area (Å²) in [7, 11) is 0. The van der Waals surface area contributed by atoms with E-state index in [0.29, 0.717) is 19.4 Å². The van der Waals surface area contributed by atoms with Crippen LogP contribution in [0.3, 0.4) is 0 Å². The minimum absolute atomic E-state index is 0.00262. The van der Waals surface area contributed by atoms with Crippen LogP contribution in [0.5, 0.6) is 0 Å². The number of aliphatic hydroxyl groups excluding tert-OH is 1. The second-order valence-corrected chi connectivity index (χ2v) is 9.11. The molecule has 1 aliphatic carbocycles. The lowest BCUT2D eigenvalue weighted by Crippen LogP contribution is -2.51. The quantitative estimate of drug-likeness (QED) is 0.809. The molecule has 150 valence electrons. The van der Waals surface area contributed by atoms with Gasteiger partial charge in [-0.2, -0.15) is 0 Å². The van der Waals surface area contributed by atoms with Gasteiger partial charge in [0.05, 0.1) is 29.5 Å². The zero-order valence-corrected chi connectivity index (χ0v) is 17.1. The van der Waals surface area contributed by atoms with Gasteiger partial charge in [-0.05, 0) is 38.2 Å². The lowest BCUT2D eigenvalue weighted by molar-refractivity contribution is -0.147. The maximum atomic E-state index is 12.8. The van der Waals surface area contributed by atoms with Gasteiger partial charge in [0.25, 0.3) is 0 Å². The van der Waals surface area contributed by atoms with Crippen LogP contribution in [0.4, 0.5) is 0 Å². The van der Waals surface area contributed by atoms with Crippen LogP contribution in [0, 0.1) is 18.8 Å². The molecule has 6 heteroatoms. The Balaban J connectivity index is 1.41. The Morgan fingerprint density at radius 2 is 2.11 bits per heavy atom. The minimum Gasteiger partial charge on any atom is -0.393 e. The fourth-order valence-electron chi connectivity index (χ4n) is 4.26. The number of aliphatic hydroxyl groups is 1. The third kappa shape index (κ3) is 4.62. The lowest BCUT2D eigenvalue weighted by Gasteiger charge is -2.42. The Kier molecular flexibility index (Phi) is 6.09. The van der Waals surface area contributed by atoms with E-state index in [1.165, 1.54) is 5.56 Å². The number of rotatable bonds is 6. The third-order valence-electron chi connectivity index (χ3n) is 5.89. The number of amides is 1. The summed E-state index contributed by atoms with van der Waals surface area (Å²) >= 11 is 1.65. The Morgan fingerprint density at radius 3 is 2.79 bits per heavy atom. The molecule has 28 heavy (non-hydrogen) atoms. The van der Waals surface area contributed by atoms with Gasteiger partial charge in [0.15, 0.2) is 0 Å². The fourth-order valence-corrected chi connectivity index (χ4v) is 4.86. The van der Waals surface area contributed by atoms with Gasteiger partial charge >= 0.3 is 0 Å². The van der Waals surface area contributed by atoms with E-state index in [2.05, 4.69) is 34.6 Å². The van der Waals surface area contributed by atoms with Crippen LogP contribution in [0.2, 0.25) is 0 Å². The largest absolute Gasteiger partial charge is 0.393 e. The van der Waals surface area contributed by atoms with Crippen molar-refractivity contribution >= 4 is 17.2 Å². The Morgan fingerprint density at radius 1 is 1.32 bits per heavy atom. The summed E-state index contributed by atoms with van der Waals surface area (Å²) in [5, 5.41) is 12.7. The molecule has 2 atom stereocenters. The molecule has 2 fully saturated rings. The maximum absolute atomic E-state index is 12.8. The molecule has 5 nitrogen and oxygen atoms in total. The summed E-state index contributed by atoms with van der Waals surface area (Å²) in [5.41, 5.74) is 2.27. The Labute approximate surface area is 170 Å².